The van der Waals surface area contributed by atoms with Gasteiger partial charge in [0, 0.05) is 43.0 Å². The molecule has 0 radical (unpaired) electrons. The zero-order valence-electron chi connectivity index (χ0n) is 20.1. The van der Waals surface area contributed by atoms with E-state index in [0.717, 1.165) is 23.1 Å². The largest absolute Gasteiger partial charge is 0.465 e. The molecule has 1 fully saturated rings. The molecule has 1 aliphatic heterocycles. The van der Waals surface area contributed by atoms with Crippen LogP contribution in [0.25, 0.3) is 11.1 Å². The van der Waals surface area contributed by atoms with Crippen molar-refractivity contribution < 1.29 is 24.5 Å². The molecule has 188 valence electrons. The predicted octanol–water partition coefficient (Wildman–Crippen LogP) is 4.23. The Hall–Kier alpha value is -4.26. The minimum Gasteiger partial charge on any atom is -0.465 e. The van der Waals surface area contributed by atoms with Crippen LogP contribution in [0.15, 0.2) is 66.9 Å². The average Bonchev–Trinajstić information content (AvgIpc) is 2.89. The maximum atomic E-state index is 14.0. The molecular weight excluding hydrogens is 472 g/mol. The lowest BCUT2D eigenvalue weighted by molar-refractivity contribution is -0.137. The Morgan fingerprint density at radius 3 is 2.49 bits per heavy atom. The molecule has 0 spiro atoms. The van der Waals surface area contributed by atoms with Crippen LogP contribution in [0.1, 0.15) is 31.2 Å². The van der Waals surface area contributed by atoms with E-state index < -0.39 is 22.2 Å². The fourth-order valence-electron chi connectivity index (χ4n) is 5.33. The summed E-state index contributed by atoms with van der Waals surface area (Å²) in [7, 11) is 0. The van der Waals surface area contributed by atoms with Crippen LogP contribution in [0.2, 0.25) is 0 Å². The summed E-state index contributed by atoms with van der Waals surface area (Å²) in [5.74, 6) is -0.134. The van der Waals surface area contributed by atoms with Gasteiger partial charge < -0.3 is 20.3 Å². The summed E-state index contributed by atoms with van der Waals surface area (Å²) in [6.07, 6.45) is 1.96. The van der Waals surface area contributed by atoms with E-state index in [1.54, 1.807) is 18.3 Å². The lowest BCUT2D eigenvalue weighted by Gasteiger charge is -2.43. The first-order valence-electron chi connectivity index (χ1n) is 12.2. The summed E-state index contributed by atoms with van der Waals surface area (Å²) in [5, 5.41) is 31.5. The van der Waals surface area contributed by atoms with Crippen LogP contribution in [-0.4, -0.2) is 46.5 Å². The normalized spacial score (nSPS) is 21.6. The molecule has 5 rings (SSSR count). The molecule has 2 atom stereocenters. The molecule has 9 nitrogen and oxygen atoms in total. The standard InChI is InChI=1S/C28H26N4O5/c29-14-15-32(22-9-7-21(8-10-22)28(12-4-13-28)31-27(35)36)23-17-20(19-5-2-1-3-6-19)18-30-25(23)37-24(11-16-33)26(32)34/h1-3,5-10,17-18,24,31,33H,4,11-13,15-16H2/p+1. The third-order valence-electron chi connectivity index (χ3n) is 7.37. The number of carboxylic acid groups (broad SMARTS) is 1. The predicted molar refractivity (Wildman–Crippen MR) is 136 cm³/mol. The van der Waals surface area contributed by atoms with Crippen LogP contribution >= 0.6 is 0 Å². The number of aromatic nitrogens is 1. The number of aliphatic hydroxyl groups is 1. The van der Waals surface area contributed by atoms with E-state index in [9.17, 15) is 25.1 Å². The number of hydrogen-bond acceptors (Lipinski definition) is 6. The van der Waals surface area contributed by atoms with Crippen LogP contribution in [-0.2, 0) is 10.3 Å². The molecule has 1 aromatic heterocycles. The van der Waals surface area contributed by atoms with Crippen molar-refractivity contribution in [3.63, 3.8) is 0 Å². The number of nitriles is 1. The van der Waals surface area contributed by atoms with Crippen LogP contribution in [0, 0.1) is 11.3 Å². The number of rotatable bonds is 7. The molecule has 9 heteroatoms. The van der Waals surface area contributed by atoms with Gasteiger partial charge in [-0.3, -0.25) is 0 Å². The number of nitrogens with one attached hydrogen (secondary N) is 1. The molecule has 3 aromatic rings. The number of benzene rings is 2. The first kappa shape index (κ1) is 24.4. The maximum absolute atomic E-state index is 14.0. The van der Waals surface area contributed by atoms with E-state index in [4.69, 9.17) is 4.74 Å². The number of carbonyl (C=O) groups is 2. The molecule has 2 aromatic carbocycles. The van der Waals surface area contributed by atoms with E-state index in [2.05, 4.69) is 16.4 Å². The molecule has 2 unspecified atom stereocenters. The molecule has 2 amide bonds. The minimum absolute atomic E-state index is 0.0650. The van der Waals surface area contributed by atoms with E-state index in [-0.39, 0.29) is 31.4 Å². The van der Waals surface area contributed by atoms with Crippen LogP contribution in [0.4, 0.5) is 16.2 Å². The van der Waals surface area contributed by atoms with Gasteiger partial charge in [-0.15, -0.1) is 0 Å². The number of amides is 2. The highest BCUT2D eigenvalue weighted by Crippen LogP contribution is 2.48. The van der Waals surface area contributed by atoms with Gasteiger partial charge in [0.25, 0.3) is 5.88 Å². The fraction of sp³-hybridized carbons (Fsp3) is 0.286. The lowest BCUT2D eigenvalue weighted by Crippen LogP contribution is -2.59. The number of fused-ring (bicyclic) bond motifs is 1. The summed E-state index contributed by atoms with van der Waals surface area (Å²) in [6, 6.07) is 20.8. The van der Waals surface area contributed by atoms with Gasteiger partial charge in [-0.25, -0.2) is 14.6 Å². The van der Waals surface area contributed by atoms with Crippen molar-refractivity contribution >= 4 is 23.4 Å². The number of nitrogens with zero attached hydrogens (tertiary/aromatic N) is 3. The molecule has 0 bridgehead atoms. The Bertz CT molecular complexity index is 1370. The summed E-state index contributed by atoms with van der Waals surface area (Å²) in [6.45, 7) is -0.461. The van der Waals surface area contributed by atoms with E-state index >= 15 is 0 Å². The smallest absolute Gasteiger partial charge is 0.405 e. The third kappa shape index (κ3) is 4.10. The van der Waals surface area contributed by atoms with Gasteiger partial charge in [0.2, 0.25) is 11.8 Å². The van der Waals surface area contributed by atoms with Crippen molar-refractivity contribution in [3.05, 3.63) is 72.4 Å². The van der Waals surface area contributed by atoms with Crippen molar-refractivity contribution in [2.75, 3.05) is 13.2 Å². The Labute approximate surface area is 214 Å². The van der Waals surface area contributed by atoms with E-state index in [1.807, 2.05) is 48.5 Å². The average molecular weight is 500 g/mol. The maximum Gasteiger partial charge on any atom is 0.405 e. The van der Waals surface area contributed by atoms with Crippen LogP contribution in [0.3, 0.4) is 0 Å². The van der Waals surface area contributed by atoms with E-state index in [1.165, 1.54) is 0 Å². The number of carbonyl (C=O) groups excluding carboxylic acids is 1. The first-order valence-corrected chi connectivity index (χ1v) is 12.2. The monoisotopic (exact) mass is 499 g/mol. The second-order valence-corrected chi connectivity index (χ2v) is 9.41. The second-order valence-electron chi connectivity index (χ2n) is 9.41. The highest BCUT2D eigenvalue weighted by atomic mass is 16.5. The summed E-state index contributed by atoms with van der Waals surface area (Å²) in [4.78, 5) is 29.9. The molecule has 37 heavy (non-hydrogen) atoms. The zero-order chi connectivity index (χ0) is 26.0. The zero-order valence-corrected chi connectivity index (χ0v) is 20.1. The van der Waals surface area contributed by atoms with Crippen molar-refractivity contribution in [1.82, 2.24) is 14.8 Å². The van der Waals surface area contributed by atoms with Gasteiger partial charge in [-0.2, -0.15) is 9.74 Å². The Kier molecular flexibility index (Phi) is 6.38. The third-order valence-corrected chi connectivity index (χ3v) is 7.37. The number of ether oxygens (including phenoxy) is 1. The summed E-state index contributed by atoms with van der Waals surface area (Å²) >= 11 is 0. The first-order chi connectivity index (χ1) is 17.9. The minimum atomic E-state index is -1.08. The van der Waals surface area contributed by atoms with Gasteiger partial charge in [0.1, 0.15) is 11.8 Å². The molecule has 1 aliphatic carbocycles. The molecule has 3 N–H and O–H groups in total. The topological polar surface area (TPSA) is 133 Å². The van der Waals surface area contributed by atoms with Crippen LogP contribution < -0.4 is 14.5 Å². The van der Waals surface area contributed by atoms with Gasteiger partial charge >= 0.3 is 12.0 Å². The number of hydrogen-bond donors (Lipinski definition) is 3. The van der Waals surface area contributed by atoms with E-state index in [0.29, 0.717) is 24.2 Å². The highest BCUT2D eigenvalue weighted by molar-refractivity contribution is 6.01. The number of aliphatic hydroxyl groups excluding tert-OH is 1. The van der Waals surface area contributed by atoms with Crippen LogP contribution in [0.5, 0.6) is 5.88 Å². The highest BCUT2D eigenvalue weighted by Gasteiger charge is 2.53. The Morgan fingerprint density at radius 1 is 1.16 bits per heavy atom. The molecule has 2 aliphatic rings. The molecule has 1 saturated carbocycles. The van der Waals surface area contributed by atoms with Gasteiger partial charge in [0.05, 0.1) is 5.54 Å². The number of pyridine rings is 1. The second kappa shape index (κ2) is 9.65. The Balaban J connectivity index is 1.66. The van der Waals surface area contributed by atoms with Gasteiger partial charge in [-0.05, 0) is 30.4 Å². The molecular formula is C28H27N4O5+. The quantitative estimate of drug-likeness (QED) is 0.327. The van der Waals surface area contributed by atoms with Crippen molar-refractivity contribution in [2.24, 2.45) is 0 Å². The van der Waals surface area contributed by atoms with Crippen molar-refractivity contribution in [3.8, 4) is 23.1 Å². The summed E-state index contributed by atoms with van der Waals surface area (Å²) in [5.41, 5.74) is 2.81. The number of quaternary nitrogens is 1. The lowest BCUT2D eigenvalue weighted by atomic mass is 9.72. The SMILES string of the molecule is N#CC[N+]1(c2ccc(C3(NC(=O)O)CCC3)cc2)C(=O)C(CCO)Oc2ncc(-c3ccccc3)cc21. The van der Waals surface area contributed by atoms with Crippen molar-refractivity contribution in [2.45, 2.75) is 37.3 Å². The molecule has 2 heterocycles. The Morgan fingerprint density at radius 2 is 1.89 bits per heavy atom. The molecule has 0 saturated heterocycles. The van der Waals surface area contributed by atoms with Gasteiger partial charge in [0.15, 0.2) is 6.54 Å². The summed E-state index contributed by atoms with van der Waals surface area (Å²) < 4.78 is 5.49. The fourth-order valence-corrected chi connectivity index (χ4v) is 5.33. The van der Waals surface area contributed by atoms with Gasteiger partial charge in [-0.1, -0.05) is 42.5 Å². The van der Waals surface area contributed by atoms with Crippen molar-refractivity contribution in [1.29, 1.82) is 5.26 Å².